The van der Waals surface area contributed by atoms with Crippen LogP contribution in [0.3, 0.4) is 0 Å². The van der Waals surface area contributed by atoms with Gasteiger partial charge in [-0.3, -0.25) is 4.72 Å². The fourth-order valence-electron chi connectivity index (χ4n) is 1.77. The molecule has 6 nitrogen and oxygen atoms in total. The topological polar surface area (TPSA) is 84.0 Å². The number of nitrogens with zero attached hydrogens (tertiary/aromatic N) is 2. The number of aromatic nitrogens is 2. The van der Waals surface area contributed by atoms with Crippen molar-refractivity contribution in [1.82, 2.24) is 15.3 Å². The number of anilines is 1. The van der Waals surface area contributed by atoms with Crippen molar-refractivity contribution in [2.75, 3.05) is 11.3 Å². The number of aryl methyl sites for hydroxylation is 1. The molecule has 0 fully saturated rings. The van der Waals surface area contributed by atoms with Crippen molar-refractivity contribution in [1.29, 1.82) is 0 Å². The molecule has 0 atom stereocenters. The molecule has 0 amide bonds. The number of sulfonamides is 1. The van der Waals surface area contributed by atoms with Crippen molar-refractivity contribution in [3.8, 4) is 0 Å². The molecule has 0 aliphatic heterocycles. The third kappa shape index (κ3) is 3.33. The van der Waals surface area contributed by atoms with Gasteiger partial charge < -0.3 is 5.32 Å². The van der Waals surface area contributed by atoms with E-state index in [1.54, 1.807) is 6.92 Å². The van der Waals surface area contributed by atoms with Gasteiger partial charge in [0.2, 0.25) is 0 Å². The van der Waals surface area contributed by atoms with E-state index in [2.05, 4.69) is 20.0 Å². The highest BCUT2D eigenvalue weighted by molar-refractivity contribution is 7.93. The molecule has 2 aromatic rings. The van der Waals surface area contributed by atoms with E-state index in [1.807, 2.05) is 12.3 Å². The first-order chi connectivity index (χ1) is 9.54. The van der Waals surface area contributed by atoms with Crippen LogP contribution in [-0.4, -0.2) is 24.9 Å². The third-order valence-corrected chi connectivity index (χ3v) is 5.45. The maximum absolute atomic E-state index is 12.5. The number of hydrogen-bond acceptors (Lipinski definition) is 6. The second-order valence-electron chi connectivity index (χ2n) is 4.18. The first kappa shape index (κ1) is 14.9. The maximum atomic E-state index is 12.5. The summed E-state index contributed by atoms with van der Waals surface area (Å²) in [5.74, 6) is 0. The molecule has 2 heterocycles. The molecule has 108 valence electrons. The fraction of sp³-hybridized carbons (Fsp3) is 0.333. The Morgan fingerprint density at radius 1 is 1.30 bits per heavy atom. The molecule has 0 saturated heterocycles. The minimum atomic E-state index is -3.62. The first-order valence-corrected chi connectivity index (χ1v) is 8.46. The number of rotatable bonds is 6. The van der Waals surface area contributed by atoms with Crippen LogP contribution in [0.5, 0.6) is 0 Å². The van der Waals surface area contributed by atoms with Crippen LogP contribution in [0.15, 0.2) is 29.0 Å². The molecule has 0 spiro atoms. The van der Waals surface area contributed by atoms with Crippen LogP contribution < -0.4 is 10.0 Å². The SMILES string of the molecule is CCNCc1scc(C)c1S(=O)(=O)Nc1cncnc1. The zero-order chi connectivity index (χ0) is 14.6. The monoisotopic (exact) mass is 312 g/mol. The van der Waals surface area contributed by atoms with E-state index in [0.29, 0.717) is 17.1 Å². The van der Waals surface area contributed by atoms with E-state index < -0.39 is 10.0 Å². The molecule has 20 heavy (non-hydrogen) atoms. The van der Waals surface area contributed by atoms with Gasteiger partial charge in [0.25, 0.3) is 10.0 Å². The van der Waals surface area contributed by atoms with Gasteiger partial charge in [-0.1, -0.05) is 6.92 Å². The summed E-state index contributed by atoms with van der Waals surface area (Å²) in [6.45, 7) is 5.10. The van der Waals surface area contributed by atoms with E-state index in [1.165, 1.54) is 30.1 Å². The van der Waals surface area contributed by atoms with Crippen molar-refractivity contribution in [3.05, 3.63) is 34.5 Å². The fourth-order valence-corrected chi connectivity index (χ4v) is 4.58. The largest absolute Gasteiger partial charge is 0.312 e. The van der Waals surface area contributed by atoms with Crippen molar-refractivity contribution in [2.45, 2.75) is 25.3 Å². The Kier molecular flexibility index (Phi) is 4.69. The summed E-state index contributed by atoms with van der Waals surface area (Å²) >= 11 is 1.44. The van der Waals surface area contributed by atoms with Gasteiger partial charge in [-0.2, -0.15) is 0 Å². The van der Waals surface area contributed by atoms with E-state index in [4.69, 9.17) is 0 Å². The van der Waals surface area contributed by atoms with Gasteiger partial charge in [0.1, 0.15) is 11.2 Å². The summed E-state index contributed by atoms with van der Waals surface area (Å²) in [5.41, 5.74) is 1.10. The van der Waals surface area contributed by atoms with Crippen LogP contribution in [0.4, 0.5) is 5.69 Å². The lowest BCUT2D eigenvalue weighted by molar-refractivity contribution is 0.599. The van der Waals surface area contributed by atoms with Gasteiger partial charge in [0, 0.05) is 11.4 Å². The molecule has 2 N–H and O–H groups in total. The highest BCUT2D eigenvalue weighted by Gasteiger charge is 2.23. The molecule has 2 rings (SSSR count). The summed E-state index contributed by atoms with van der Waals surface area (Å²) < 4.78 is 27.5. The summed E-state index contributed by atoms with van der Waals surface area (Å²) in [5, 5.41) is 5.00. The third-order valence-electron chi connectivity index (χ3n) is 2.61. The summed E-state index contributed by atoms with van der Waals surface area (Å²) in [7, 11) is -3.62. The molecular formula is C12H16N4O2S2. The van der Waals surface area contributed by atoms with E-state index in [9.17, 15) is 8.42 Å². The van der Waals surface area contributed by atoms with E-state index >= 15 is 0 Å². The van der Waals surface area contributed by atoms with Gasteiger partial charge in [-0.25, -0.2) is 18.4 Å². The summed E-state index contributed by atoms with van der Waals surface area (Å²) in [4.78, 5) is 8.73. The minimum Gasteiger partial charge on any atom is -0.312 e. The molecule has 8 heteroatoms. The normalized spacial score (nSPS) is 11.5. The molecule has 2 aromatic heterocycles. The Bertz CT molecular complexity index is 668. The second-order valence-corrected chi connectivity index (χ2v) is 6.77. The average Bonchev–Trinajstić information content (AvgIpc) is 2.79. The second kappa shape index (κ2) is 6.29. The van der Waals surface area contributed by atoms with Crippen molar-refractivity contribution in [2.24, 2.45) is 0 Å². The van der Waals surface area contributed by atoms with Crippen LogP contribution in [0.1, 0.15) is 17.4 Å². The Morgan fingerprint density at radius 2 is 2.00 bits per heavy atom. The van der Waals surface area contributed by atoms with Crippen LogP contribution in [0.2, 0.25) is 0 Å². The Morgan fingerprint density at radius 3 is 2.65 bits per heavy atom. The maximum Gasteiger partial charge on any atom is 0.263 e. The highest BCUT2D eigenvalue weighted by Crippen LogP contribution is 2.28. The smallest absolute Gasteiger partial charge is 0.263 e. The zero-order valence-electron chi connectivity index (χ0n) is 11.3. The van der Waals surface area contributed by atoms with Gasteiger partial charge >= 0.3 is 0 Å². The minimum absolute atomic E-state index is 0.340. The van der Waals surface area contributed by atoms with E-state index in [-0.39, 0.29) is 0 Å². The molecular weight excluding hydrogens is 296 g/mol. The molecule has 0 bridgehead atoms. The number of nitrogens with one attached hydrogen (secondary N) is 2. The van der Waals surface area contributed by atoms with Gasteiger partial charge in [-0.15, -0.1) is 11.3 Å². The quantitative estimate of drug-likeness (QED) is 0.849. The molecule has 0 unspecified atom stereocenters. The molecule has 0 aliphatic carbocycles. The Labute approximate surface area is 122 Å². The molecule has 0 aliphatic rings. The van der Waals surface area contributed by atoms with Crippen molar-refractivity contribution in [3.63, 3.8) is 0 Å². The summed E-state index contributed by atoms with van der Waals surface area (Å²) in [6.07, 6.45) is 4.21. The first-order valence-electron chi connectivity index (χ1n) is 6.10. The Hall–Kier alpha value is -1.51. The number of thiophene rings is 1. The average molecular weight is 312 g/mol. The molecule has 0 radical (unpaired) electrons. The van der Waals surface area contributed by atoms with Crippen LogP contribution in [0, 0.1) is 6.92 Å². The lowest BCUT2D eigenvalue weighted by Crippen LogP contribution is -2.18. The lowest BCUT2D eigenvalue weighted by Gasteiger charge is -2.09. The zero-order valence-corrected chi connectivity index (χ0v) is 12.9. The lowest BCUT2D eigenvalue weighted by atomic mass is 10.3. The van der Waals surface area contributed by atoms with Crippen molar-refractivity contribution < 1.29 is 8.42 Å². The highest BCUT2D eigenvalue weighted by atomic mass is 32.2. The summed E-state index contributed by atoms with van der Waals surface area (Å²) in [6, 6.07) is 0. The Balaban J connectivity index is 2.32. The molecule has 0 saturated carbocycles. The predicted molar refractivity (Wildman–Crippen MR) is 79.3 cm³/mol. The van der Waals surface area contributed by atoms with Gasteiger partial charge in [0.15, 0.2) is 0 Å². The van der Waals surface area contributed by atoms with Gasteiger partial charge in [-0.05, 0) is 24.4 Å². The van der Waals surface area contributed by atoms with Crippen LogP contribution in [-0.2, 0) is 16.6 Å². The number of hydrogen-bond donors (Lipinski definition) is 2. The molecule has 0 aromatic carbocycles. The van der Waals surface area contributed by atoms with Crippen LogP contribution >= 0.6 is 11.3 Å². The van der Waals surface area contributed by atoms with Crippen LogP contribution in [0.25, 0.3) is 0 Å². The predicted octanol–water partition coefficient (Wildman–Crippen LogP) is 1.76. The van der Waals surface area contributed by atoms with Gasteiger partial charge in [0.05, 0.1) is 18.1 Å². The standard InChI is InChI=1S/C12H16N4O2S2/c1-3-13-6-11-12(9(2)7-19-11)20(17,18)16-10-4-14-8-15-5-10/h4-5,7-8,13,16H,3,6H2,1-2H3. The van der Waals surface area contributed by atoms with Crippen molar-refractivity contribution >= 4 is 27.0 Å². The van der Waals surface area contributed by atoms with E-state index in [0.717, 1.165) is 17.0 Å².